The van der Waals surface area contributed by atoms with Gasteiger partial charge in [-0.25, -0.2) is 0 Å². The minimum Gasteiger partial charge on any atom is -0.453 e. The van der Waals surface area contributed by atoms with Gasteiger partial charge in [0.05, 0.1) is 11.4 Å². The SMILES string of the molecule is c1ccc(-c2ccc3c(c2)Oc2cc(-c4cccc5ccccc45)cc4c2N3c2ccc(-c3ccccc3-c3ccc5ccc6cccc7ccc3c5c67)cc2O4)cc1. The Morgan fingerprint density at radius 3 is 1.64 bits per heavy atom. The second-order valence-corrected chi connectivity index (χ2v) is 15.6. The van der Waals surface area contributed by atoms with Crippen LogP contribution in [0.15, 0.2) is 200 Å². The molecule has 2 heterocycles. The molecular formula is C56H33NO2. The molecule has 2 aliphatic rings. The highest BCUT2D eigenvalue weighted by molar-refractivity contribution is 6.25. The molecule has 3 heteroatoms. The van der Waals surface area contributed by atoms with Crippen LogP contribution in [0.3, 0.4) is 0 Å². The summed E-state index contributed by atoms with van der Waals surface area (Å²) >= 11 is 0. The Balaban J connectivity index is 0.995. The first-order valence-electron chi connectivity index (χ1n) is 20.2. The Bertz CT molecular complexity index is 3490. The average Bonchev–Trinajstić information content (AvgIpc) is 3.30. The van der Waals surface area contributed by atoms with Gasteiger partial charge < -0.3 is 9.47 Å². The summed E-state index contributed by atoms with van der Waals surface area (Å²) in [5, 5.41) is 10.1. The molecule has 2 aliphatic heterocycles. The van der Waals surface area contributed by atoms with Crippen molar-refractivity contribution in [1.82, 2.24) is 0 Å². The topological polar surface area (TPSA) is 21.7 Å². The van der Waals surface area contributed by atoms with Gasteiger partial charge in [0.15, 0.2) is 23.0 Å². The first-order chi connectivity index (χ1) is 29.2. The van der Waals surface area contributed by atoms with Crippen LogP contribution in [0.5, 0.6) is 23.0 Å². The summed E-state index contributed by atoms with van der Waals surface area (Å²) in [5.74, 6) is 3.11. The minimum atomic E-state index is 0.757. The Kier molecular flexibility index (Phi) is 6.72. The second-order valence-electron chi connectivity index (χ2n) is 15.6. The van der Waals surface area contributed by atoms with Crippen molar-refractivity contribution >= 4 is 60.2 Å². The van der Waals surface area contributed by atoms with Gasteiger partial charge in [0.1, 0.15) is 5.69 Å². The lowest BCUT2D eigenvalue weighted by Gasteiger charge is -2.38. The van der Waals surface area contributed by atoms with E-state index in [0.717, 1.165) is 73.4 Å². The Labute approximate surface area is 340 Å². The highest BCUT2D eigenvalue weighted by Gasteiger charge is 2.36. The second kappa shape index (κ2) is 12.3. The van der Waals surface area contributed by atoms with Gasteiger partial charge in [-0.15, -0.1) is 0 Å². The Morgan fingerprint density at radius 1 is 0.288 bits per heavy atom. The van der Waals surface area contributed by atoms with E-state index in [-0.39, 0.29) is 0 Å². The Morgan fingerprint density at radius 2 is 0.847 bits per heavy atom. The predicted octanol–water partition coefficient (Wildman–Crippen LogP) is 16.1. The zero-order chi connectivity index (χ0) is 38.6. The molecule has 3 nitrogen and oxygen atoms in total. The molecule has 0 saturated carbocycles. The third kappa shape index (κ3) is 4.82. The lowest BCUT2D eigenvalue weighted by molar-refractivity contribution is 0.446. The summed E-state index contributed by atoms with van der Waals surface area (Å²) in [6.07, 6.45) is 0. The van der Waals surface area contributed by atoms with E-state index in [1.54, 1.807) is 0 Å². The van der Waals surface area contributed by atoms with Gasteiger partial charge in [-0.2, -0.15) is 0 Å². The molecule has 0 amide bonds. The summed E-state index contributed by atoms with van der Waals surface area (Å²) in [6, 6.07) is 72.0. The fraction of sp³-hybridized carbons (Fsp3) is 0. The standard InChI is InChI=1S/C56H33NO2/c1-2-10-34(11-3-1)39-24-28-48-50(30-39)58-52-32-41(44-19-9-13-35-12-4-5-16-42(35)44)33-53-56(52)57(48)49-29-25-40(31-51(49)59-53)43-17-6-7-18-45(43)46-26-22-38-21-20-36-14-8-15-37-23-27-47(46)55(38)54(36)37/h1-33H. The maximum Gasteiger partial charge on any atom is 0.156 e. The molecule has 0 spiro atoms. The van der Waals surface area contributed by atoms with Crippen LogP contribution in [0.25, 0.3) is 87.6 Å². The molecule has 0 saturated heterocycles. The number of fused-ring (bicyclic) bond motifs is 5. The number of hydrogen-bond acceptors (Lipinski definition) is 3. The first-order valence-corrected chi connectivity index (χ1v) is 20.2. The van der Waals surface area contributed by atoms with Gasteiger partial charge in [0.25, 0.3) is 0 Å². The summed E-state index contributed by atoms with van der Waals surface area (Å²) < 4.78 is 13.9. The molecule has 0 unspecified atom stereocenters. The van der Waals surface area contributed by atoms with Crippen molar-refractivity contribution in [2.45, 2.75) is 0 Å². The zero-order valence-corrected chi connectivity index (χ0v) is 31.8. The van der Waals surface area contributed by atoms with Crippen LogP contribution in [0, 0.1) is 0 Å². The third-order valence-electron chi connectivity index (χ3n) is 12.4. The van der Waals surface area contributed by atoms with Gasteiger partial charge >= 0.3 is 0 Å². The number of anilines is 3. The normalized spacial score (nSPS) is 12.6. The summed E-state index contributed by atoms with van der Waals surface area (Å²) in [6.45, 7) is 0. The quantitative estimate of drug-likeness (QED) is 0.167. The molecule has 59 heavy (non-hydrogen) atoms. The minimum absolute atomic E-state index is 0.757. The smallest absolute Gasteiger partial charge is 0.156 e. The van der Waals surface area contributed by atoms with Crippen LogP contribution in [0.4, 0.5) is 17.1 Å². The number of benzene rings is 11. The van der Waals surface area contributed by atoms with E-state index in [1.807, 2.05) is 6.07 Å². The van der Waals surface area contributed by atoms with Crippen LogP contribution in [0.2, 0.25) is 0 Å². The molecular weight excluding hydrogens is 719 g/mol. The zero-order valence-electron chi connectivity index (χ0n) is 31.8. The molecule has 0 aliphatic carbocycles. The fourth-order valence-electron chi connectivity index (χ4n) is 9.68. The third-order valence-corrected chi connectivity index (χ3v) is 12.4. The molecule has 13 rings (SSSR count). The molecule has 11 aromatic rings. The molecule has 0 bridgehead atoms. The van der Waals surface area contributed by atoms with Crippen LogP contribution in [0.1, 0.15) is 0 Å². The monoisotopic (exact) mass is 751 g/mol. The van der Waals surface area contributed by atoms with Crippen LogP contribution in [-0.2, 0) is 0 Å². The van der Waals surface area contributed by atoms with Crippen LogP contribution < -0.4 is 14.4 Å². The van der Waals surface area contributed by atoms with E-state index in [1.165, 1.54) is 54.2 Å². The van der Waals surface area contributed by atoms with Crippen molar-refractivity contribution in [2.75, 3.05) is 4.90 Å². The van der Waals surface area contributed by atoms with Gasteiger partial charge in [-0.3, -0.25) is 4.90 Å². The first kappa shape index (κ1) is 32.2. The molecule has 0 fully saturated rings. The fourth-order valence-corrected chi connectivity index (χ4v) is 9.68. The number of hydrogen-bond donors (Lipinski definition) is 0. The molecule has 0 radical (unpaired) electrons. The van der Waals surface area contributed by atoms with E-state index < -0.39 is 0 Å². The maximum atomic E-state index is 7.04. The van der Waals surface area contributed by atoms with E-state index >= 15 is 0 Å². The number of ether oxygens (including phenoxy) is 2. The molecule has 0 N–H and O–H groups in total. The largest absolute Gasteiger partial charge is 0.453 e. The number of nitrogens with zero attached hydrogens (tertiary/aromatic N) is 1. The lowest BCUT2D eigenvalue weighted by Crippen LogP contribution is -2.20. The van der Waals surface area contributed by atoms with Gasteiger partial charge in [0, 0.05) is 0 Å². The summed E-state index contributed by atoms with van der Waals surface area (Å²) in [4.78, 5) is 2.32. The highest BCUT2D eigenvalue weighted by atomic mass is 16.5. The highest BCUT2D eigenvalue weighted by Crippen LogP contribution is 2.61. The summed E-state index contributed by atoms with van der Waals surface area (Å²) in [5.41, 5.74) is 11.9. The lowest BCUT2D eigenvalue weighted by atomic mass is 9.87. The number of rotatable bonds is 4. The maximum absolute atomic E-state index is 7.04. The van der Waals surface area contributed by atoms with E-state index in [2.05, 4.69) is 199 Å². The van der Waals surface area contributed by atoms with Gasteiger partial charge in [0.2, 0.25) is 0 Å². The summed E-state index contributed by atoms with van der Waals surface area (Å²) in [7, 11) is 0. The van der Waals surface area contributed by atoms with Crippen molar-refractivity contribution < 1.29 is 9.47 Å². The molecule has 0 aromatic heterocycles. The van der Waals surface area contributed by atoms with Gasteiger partial charge in [-0.1, -0.05) is 164 Å². The Hall–Kier alpha value is -7.88. The van der Waals surface area contributed by atoms with E-state index in [4.69, 9.17) is 9.47 Å². The van der Waals surface area contributed by atoms with E-state index in [0.29, 0.717) is 0 Å². The van der Waals surface area contributed by atoms with Crippen molar-refractivity contribution in [2.24, 2.45) is 0 Å². The van der Waals surface area contributed by atoms with Crippen LogP contribution in [-0.4, -0.2) is 0 Å². The molecule has 0 atom stereocenters. The van der Waals surface area contributed by atoms with Crippen molar-refractivity contribution in [1.29, 1.82) is 0 Å². The average molecular weight is 752 g/mol. The molecule has 11 aromatic carbocycles. The van der Waals surface area contributed by atoms with E-state index in [9.17, 15) is 0 Å². The predicted molar refractivity (Wildman–Crippen MR) is 244 cm³/mol. The van der Waals surface area contributed by atoms with Crippen LogP contribution >= 0.6 is 0 Å². The van der Waals surface area contributed by atoms with Crippen molar-refractivity contribution in [3.05, 3.63) is 200 Å². The van der Waals surface area contributed by atoms with Crippen molar-refractivity contribution in [3.63, 3.8) is 0 Å². The van der Waals surface area contributed by atoms with Gasteiger partial charge in [-0.05, 0) is 124 Å². The molecule has 274 valence electrons. The van der Waals surface area contributed by atoms with Crippen molar-refractivity contribution in [3.8, 4) is 67.5 Å².